The molecule has 0 aromatic heterocycles. The van der Waals surface area contributed by atoms with Crippen molar-refractivity contribution < 1.29 is 0 Å². The van der Waals surface area contributed by atoms with Gasteiger partial charge in [0.2, 0.25) is 0 Å². The fraction of sp³-hybridized carbons (Fsp3) is 0.368. The molecule has 2 heteroatoms. The molecule has 0 aliphatic carbocycles. The third-order valence-electron chi connectivity index (χ3n) is 4.24. The van der Waals surface area contributed by atoms with Crippen LogP contribution in [0.1, 0.15) is 25.3 Å². The van der Waals surface area contributed by atoms with Crippen molar-refractivity contribution in [1.82, 2.24) is 5.32 Å². The van der Waals surface area contributed by atoms with Crippen LogP contribution in [0.2, 0.25) is 0 Å². The molecule has 1 N–H and O–H groups in total. The van der Waals surface area contributed by atoms with Crippen LogP contribution in [0.25, 0.3) is 11.1 Å². The summed E-state index contributed by atoms with van der Waals surface area (Å²) in [5.41, 5.74) is 5.44. The summed E-state index contributed by atoms with van der Waals surface area (Å²) in [7, 11) is 0. The monoisotopic (exact) mass is 280 g/mol. The number of nitrogens with zero attached hydrogens (tertiary/aromatic N) is 1. The minimum atomic E-state index is 0.550. The van der Waals surface area contributed by atoms with Crippen molar-refractivity contribution in [3.63, 3.8) is 0 Å². The molecule has 0 atom stereocenters. The van der Waals surface area contributed by atoms with E-state index in [0.29, 0.717) is 5.92 Å². The Bertz CT molecular complexity index is 581. The molecule has 0 radical (unpaired) electrons. The summed E-state index contributed by atoms with van der Waals surface area (Å²) in [6.45, 7) is 8.88. The first-order chi connectivity index (χ1) is 10.3. The zero-order valence-corrected chi connectivity index (χ0v) is 13.0. The Morgan fingerprint density at radius 2 is 1.57 bits per heavy atom. The molecule has 2 nitrogen and oxygen atoms in total. The van der Waals surface area contributed by atoms with Gasteiger partial charge >= 0.3 is 0 Å². The molecule has 21 heavy (non-hydrogen) atoms. The summed E-state index contributed by atoms with van der Waals surface area (Å²) in [6.07, 6.45) is 0. The Morgan fingerprint density at radius 3 is 2.24 bits per heavy atom. The lowest BCUT2D eigenvalue weighted by Crippen LogP contribution is -2.43. The Labute approximate surface area is 127 Å². The first-order valence-electron chi connectivity index (χ1n) is 7.91. The van der Waals surface area contributed by atoms with Gasteiger partial charge < -0.3 is 10.2 Å². The van der Waals surface area contributed by atoms with Crippen molar-refractivity contribution in [3.8, 4) is 11.1 Å². The predicted octanol–water partition coefficient (Wildman–Crippen LogP) is 3.89. The normalized spacial score (nSPS) is 15.5. The predicted molar refractivity (Wildman–Crippen MR) is 91.0 cm³/mol. The molecule has 1 aliphatic heterocycles. The molecule has 2 aromatic rings. The summed E-state index contributed by atoms with van der Waals surface area (Å²) in [4.78, 5) is 2.45. The minimum Gasteiger partial charge on any atom is -0.369 e. The van der Waals surface area contributed by atoms with Gasteiger partial charge in [-0.05, 0) is 34.7 Å². The smallest absolute Gasteiger partial charge is 0.0367 e. The highest BCUT2D eigenvalue weighted by atomic mass is 15.2. The van der Waals surface area contributed by atoms with E-state index >= 15 is 0 Å². The van der Waals surface area contributed by atoms with Gasteiger partial charge in [-0.15, -0.1) is 0 Å². The highest BCUT2D eigenvalue weighted by molar-refractivity contribution is 5.70. The van der Waals surface area contributed by atoms with E-state index in [4.69, 9.17) is 0 Å². The molecule has 1 saturated heterocycles. The van der Waals surface area contributed by atoms with Crippen LogP contribution < -0.4 is 10.2 Å². The lowest BCUT2D eigenvalue weighted by molar-refractivity contribution is 0.589. The van der Waals surface area contributed by atoms with E-state index in [1.54, 1.807) is 0 Å². The lowest BCUT2D eigenvalue weighted by Gasteiger charge is -2.29. The third kappa shape index (κ3) is 3.11. The van der Waals surface area contributed by atoms with E-state index in [0.717, 1.165) is 26.2 Å². The summed E-state index contributed by atoms with van der Waals surface area (Å²) >= 11 is 0. The Balaban J connectivity index is 1.87. The van der Waals surface area contributed by atoms with E-state index in [9.17, 15) is 0 Å². The first-order valence-corrected chi connectivity index (χ1v) is 7.91. The average Bonchev–Trinajstić information content (AvgIpc) is 2.56. The number of hydrogen-bond donors (Lipinski definition) is 1. The van der Waals surface area contributed by atoms with E-state index < -0.39 is 0 Å². The Hall–Kier alpha value is -1.80. The van der Waals surface area contributed by atoms with Gasteiger partial charge in [0.25, 0.3) is 0 Å². The molecule has 3 rings (SSSR count). The highest BCUT2D eigenvalue weighted by Crippen LogP contribution is 2.30. The summed E-state index contributed by atoms with van der Waals surface area (Å²) < 4.78 is 0. The fourth-order valence-corrected chi connectivity index (χ4v) is 3.04. The maximum Gasteiger partial charge on any atom is 0.0367 e. The second-order valence-electron chi connectivity index (χ2n) is 6.03. The molecular weight excluding hydrogens is 256 g/mol. The van der Waals surface area contributed by atoms with Crippen molar-refractivity contribution in [2.75, 3.05) is 31.1 Å². The zero-order valence-electron chi connectivity index (χ0n) is 13.0. The first kappa shape index (κ1) is 14.2. The van der Waals surface area contributed by atoms with E-state index in [2.05, 4.69) is 72.6 Å². The molecular formula is C19H24N2. The van der Waals surface area contributed by atoms with Crippen molar-refractivity contribution in [2.45, 2.75) is 19.8 Å². The van der Waals surface area contributed by atoms with Gasteiger partial charge in [0, 0.05) is 31.9 Å². The van der Waals surface area contributed by atoms with Crippen LogP contribution in [-0.4, -0.2) is 26.2 Å². The molecule has 2 aromatic carbocycles. The average molecular weight is 280 g/mol. The second kappa shape index (κ2) is 6.31. The van der Waals surface area contributed by atoms with Crippen molar-refractivity contribution in [1.29, 1.82) is 0 Å². The second-order valence-corrected chi connectivity index (χ2v) is 6.03. The lowest BCUT2D eigenvalue weighted by atomic mass is 9.92. The van der Waals surface area contributed by atoms with Gasteiger partial charge in [-0.3, -0.25) is 0 Å². The summed E-state index contributed by atoms with van der Waals surface area (Å²) in [5, 5.41) is 3.40. The maximum atomic E-state index is 3.40. The number of rotatable bonds is 3. The standard InChI is InChI=1S/C19H24N2/c1-15(2)18-5-3-4-6-19(18)16-7-9-17(10-8-16)21-13-11-20-12-14-21/h3-10,15,20H,11-14H2,1-2H3. The molecule has 0 saturated carbocycles. The highest BCUT2D eigenvalue weighted by Gasteiger charge is 2.11. The van der Waals surface area contributed by atoms with Crippen LogP contribution in [-0.2, 0) is 0 Å². The van der Waals surface area contributed by atoms with Crippen molar-refractivity contribution >= 4 is 5.69 Å². The minimum absolute atomic E-state index is 0.550. The number of anilines is 1. The fourth-order valence-electron chi connectivity index (χ4n) is 3.04. The molecule has 0 unspecified atom stereocenters. The van der Waals surface area contributed by atoms with Gasteiger partial charge in [0.1, 0.15) is 0 Å². The van der Waals surface area contributed by atoms with Gasteiger partial charge in [0.05, 0.1) is 0 Å². The number of benzene rings is 2. The van der Waals surface area contributed by atoms with Gasteiger partial charge in [-0.25, -0.2) is 0 Å². The number of hydrogen-bond acceptors (Lipinski definition) is 2. The largest absolute Gasteiger partial charge is 0.369 e. The molecule has 1 fully saturated rings. The van der Waals surface area contributed by atoms with Crippen LogP contribution in [0.3, 0.4) is 0 Å². The van der Waals surface area contributed by atoms with Crippen molar-refractivity contribution in [3.05, 3.63) is 54.1 Å². The van der Waals surface area contributed by atoms with Crippen molar-refractivity contribution in [2.24, 2.45) is 0 Å². The molecule has 1 aliphatic rings. The van der Waals surface area contributed by atoms with Crippen LogP contribution in [0.4, 0.5) is 5.69 Å². The molecule has 110 valence electrons. The molecule has 0 spiro atoms. The molecule has 0 bridgehead atoms. The molecule has 1 heterocycles. The molecule has 0 amide bonds. The van der Waals surface area contributed by atoms with E-state index in [-0.39, 0.29) is 0 Å². The van der Waals surface area contributed by atoms with E-state index in [1.165, 1.54) is 22.4 Å². The Kier molecular flexibility index (Phi) is 4.26. The van der Waals surface area contributed by atoms with Gasteiger partial charge in [-0.1, -0.05) is 50.2 Å². The number of nitrogens with one attached hydrogen (secondary N) is 1. The Morgan fingerprint density at radius 1 is 0.905 bits per heavy atom. The third-order valence-corrected chi connectivity index (χ3v) is 4.24. The zero-order chi connectivity index (χ0) is 14.7. The summed E-state index contributed by atoms with van der Waals surface area (Å²) in [5.74, 6) is 0.550. The number of piperazine rings is 1. The van der Waals surface area contributed by atoms with Gasteiger partial charge in [0.15, 0.2) is 0 Å². The van der Waals surface area contributed by atoms with Gasteiger partial charge in [-0.2, -0.15) is 0 Å². The van der Waals surface area contributed by atoms with Crippen LogP contribution in [0.5, 0.6) is 0 Å². The van der Waals surface area contributed by atoms with Crippen LogP contribution >= 0.6 is 0 Å². The summed E-state index contributed by atoms with van der Waals surface area (Å²) in [6, 6.07) is 17.8. The van der Waals surface area contributed by atoms with E-state index in [1.807, 2.05) is 0 Å². The van der Waals surface area contributed by atoms with Crippen LogP contribution in [0.15, 0.2) is 48.5 Å². The SMILES string of the molecule is CC(C)c1ccccc1-c1ccc(N2CCNCC2)cc1. The topological polar surface area (TPSA) is 15.3 Å². The quantitative estimate of drug-likeness (QED) is 0.917. The maximum absolute atomic E-state index is 3.40. The van der Waals surface area contributed by atoms with Crippen LogP contribution in [0, 0.1) is 0 Å².